The molecule has 76 valence electrons. The van der Waals surface area contributed by atoms with Crippen molar-refractivity contribution in [1.29, 1.82) is 0 Å². The van der Waals surface area contributed by atoms with Crippen LogP contribution >= 0.6 is 0 Å². The van der Waals surface area contributed by atoms with E-state index in [1.165, 1.54) is 0 Å². The average molecular weight is 190 g/mol. The summed E-state index contributed by atoms with van der Waals surface area (Å²) < 4.78 is 0. The molecule has 0 bridgehead atoms. The molecule has 0 aliphatic heterocycles. The SMILES string of the molecule is C=CC=CC(CC)=C(C=C)CC(C)=O. The zero-order valence-electron chi connectivity index (χ0n) is 9.05. The fraction of sp³-hybridized carbons (Fsp3) is 0.308. The van der Waals surface area contributed by atoms with E-state index in [1.807, 2.05) is 12.2 Å². The van der Waals surface area contributed by atoms with Gasteiger partial charge in [-0.3, -0.25) is 4.79 Å². The molecule has 1 heteroatoms. The molecule has 0 rings (SSSR count). The molecule has 0 fully saturated rings. The Morgan fingerprint density at radius 3 is 2.29 bits per heavy atom. The fourth-order valence-electron chi connectivity index (χ4n) is 1.22. The molecule has 0 radical (unpaired) electrons. The monoisotopic (exact) mass is 190 g/mol. The van der Waals surface area contributed by atoms with Crippen LogP contribution < -0.4 is 0 Å². The van der Waals surface area contributed by atoms with Gasteiger partial charge in [0.15, 0.2) is 0 Å². The van der Waals surface area contributed by atoms with Crippen LogP contribution in [0.15, 0.2) is 48.6 Å². The minimum absolute atomic E-state index is 0.165. The summed E-state index contributed by atoms with van der Waals surface area (Å²) in [7, 11) is 0. The highest BCUT2D eigenvalue weighted by Crippen LogP contribution is 2.15. The molecule has 0 aliphatic rings. The van der Waals surface area contributed by atoms with Crippen LogP contribution in [0.2, 0.25) is 0 Å². The summed E-state index contributed by atoms with van der Waals surface area (Å²) in [6, 6.07) is 0. The number of ketones is 1. The standard InChI is InChI=1S/C13H18O/c1-5-8-9-12(6-2)13(7-3)10-11(4)14/h5,7-9H,1,3,6,10H2,2,4H3. The van der Waals surface area contributed by atoms with Gasteiger partial charge in [0.05, 0.1) is 0 Å². The Morgan fingerprint density at radius 2 is 1.93 bits per heavy atom. The van der Waals surface area contributed by atoms with Crippen LogP contribution in [0.25, 0.3) is 0 Å². The third-order valence-corrected chi connectivity index (χ3v) is 1.91. The van der Waals surface area contributed by atoms with Gasteiger partial charge >= 0.3 is 0 Å². The largest absolute Gasteiger partial charge is 0.300 e. The molecule has 0 aromatic rings. The van der Waals surface area contributed by atoms with Gasteiger partial charge in [-0.1, -0.05) is 44.4 Å². The van der Waals surface area contributed by atoms with E-state index in [4.69, 9.17) is 0 Å². The van der Waals surface area contributed by atoms with Crippen LogP contribution in [0.4, 0.5) is 0 Å². The molecule has 0 atom stereocenters. The van der Waals surface area contributed by atoms with Crippen LogP contribution in [-0.2, 0) is 4.79 Å². The van der Waals surface area contributed by atoms with Crippen molar-refractivity contribution >= 4 is 5.78 Å². The molecular formula is C13H18O. The summed E-state index contributed by atoms with van der Waals surface area (Å²) in [6.07, 6.45) is 8.71. The molecule has 0 aromatic heterocycles. The van der Waals surface area contributed by atoms with Gasteiger partial charge in [-0.05, 0) is 24.5 Å². The lowest BCUT2D eigenvalue weighted by Gasteiger charge is -2.04. The van der Waals surface area contributed by atoms with Crippen LogP contribution in [-0.4, -0.2) is 5.78 Å². The Hall–Kier alpha value is -1.37. The van der Waals surface area contributed by atoms with E-state index in [1.54, 1.807) is 19.1 Å². The molecular weight excluding hydrogens is 172 g/mol. The first-order valence-corrected chi connectivity index (χ1v) is 4.78. The number of Topliss-reactive ketones (excluding diaryl/α,β-unsaturated/α-hetero) is 1. The zero-order chi connectivity index (χ0) is 11.0. The maximum atomic E-state index is 11.0. The minimum Gasteiger partial charge on any atom is -0.300 e. The number of hydrogen-bond donors (Lipinski definition) is 0. The normalized spacial score (nSPS) is 12.4. The Labute approximate surface area is 86.5 Å². The number of carbonyl (C=O) groups is 1. The van der Waals surface area contributed by atoms with Crippen molar-refractivity contribution < 1.29 is 4.79 Å². The summed E-state index contributed by atoms with van der Waals surface area (Å²) in [5.74, 6) is 0.165. The molecule has 1 nitrogen and oxygen atoms in total. The van der Waals surface area contributed by atoms with Gasteiger partial charge < -0.3 is 0 Å². The Bertz CT molecular complexity index is 280. The van der Waals surface area contributed by atoms with Gasteiger partial charge in [-0.25, -0.2) is 0 Å². The van der Waals surface area contributed by atoms with Crippen molar-refractivity contribution in [3.63, 3.8) is 0 Å². The van der Waals surface area contributed by atoms with E-state index in [2.05, 4.69) is 20.1 Å². The molecule has 0 saturated heterocycles. The maximum Gasteiger partial charge on any atom is 0.134 e. The Kier molecular flexibility index (Phi) is 6.38. The molecule has 0 unspecified atom stereocenters. The number of allylic oxidation sites excluding steroid dienone is 6. The lowest BCUT2D eigenvalue weighted by Crippen LogP contribution is -1.94. The molecule has 14 heavy (non-hydrogen) atoms. The molecule has 0 N–H and O–H groups in total. The first-order valence-electron chi connectivity index (χ1n) is 4.78. The predicted octanol–water partition coefficient (Wildman–Crippen LogP) is 3.60. The third-order valence-electron chi connectivity index (χ3n) is 1.91. The first-order chi connectivity index (χ1) is 6.65. The summed E-state index contributed by atoms with van der Waals surface area (Å²) >= 11 is 0. The summed E-state index contributed by atoms with van der Waals surface area (Å²) in [6.45, 7) is 11.0. The van der Waals surface area contributed by atoms with E-state index in [9.17, 15) is 4.79 Å². The topological polar surface area (TPSA) is 17.1 Å². The maximum absolute atomic E-state index is 11.0. The van der Waals surface area contributed by atoms with Gasteiger partial charge in [0, 0.05) is 6.42 Å². The van der Waals surface area contributed by atoms with Crippen LogP contribution in [0, 0.1) is 0 Å². The van der Waals surface area contributed by atoms with Crippen molar-refractivity contribution in [3.8, 4) is 0 Å². The van der Waals surface area contributed by atoms with Crippen molar-refractivity contribution in [2.75, 3.05) is 0 Å². The lowest BCUT2D eigenvalue weighted by molar-refractivity contribution is -0.116. The quantitative estimate of drug-likeness (QED) is 0.585. The van der Waals surface area contributed by atoms with Gasteiger partial charge in [0.1, 0.15) is 5.78 Å². The van der Waals surface area contributed by atoms with Crippen molar-refractivity contribution in [3.05, 3.63) is 48.6 Å². The summed E-state index contributed by atoms with van der Waals surface area (Å²) in [4.78, 5) is 11.0. The van der Waals surface area contributed by atoms with Crippen LogP contribution in [0.5, 0.6) is 0 Å². The highest BCUT2D eigenvalue weighted by atomic mass is 16.1. The molecule has 0 aromatic carbocycles. The Morgan fingerprint density at radius 1 is 1.29 bits per heavy atom. The van der Waals surface area contributed by atoms with Gasteiger partial charge in [0.2, 0.25) is 0 Å². The highest BCUT2D eigenvalue weighted by molar-refractivity contribution is 5.79. The van der Waals surface area contributed by atoms with E-state index >= 15 is 0 Å². The number of rotatable bonds is 6. The minimum atomic E-state index is 0.165. The zero-order valence-corrected chi connectivity index (χ0v) is 9.05. The molecule has 0 aliphatic carbocycles. The second-order valence-electron chi connectivity index (χ2n) is 3.08. The van der Waals surface area contributed by atoms with Crippen LogP contribution in [0.3, 0.4) is 0 Å². The molecule has 0 amide bonds. The van der Waals surface area contributed by atoms with Gasteiger partial charge in [-0.2, -0.15) is 0 Å². The van der Waals surface area contributed by atoms with E-state index in [0.717, 1.165) is 17.6 Å². The van der Waals surface area contributed by atoms with Crippen molar-refractivity contribution in [2.24, 2.45) is 0 Å². The second kappa shape index (κ2) is 7.07. The molecule has 0 spiro atoms. The highest BCUT2D eigenvalue weighted by Gasteiger charge is 2.01. The van der Waals surface area contributed by atoms with Crippen molar-refractivity contribution in [1.82, 2.24) is 0 Å². The van der Waals surface area contributed by atoms with E-state index in [-0.39, 0.29) is 5.78 Å². The van der Waals surface area contributed by atoms with Crippen molar-refractivity contribution in [2.45, 2.75) is 26.7 Å². The summed E-state index contributed by atoms with van der Waals surface area (Å²) in [5, 5.41) is 0. The number of hydrogen-bond acceptors (Lipinski definition) is 1. The second-order valence-corrected chi connectivity index (χ2v) is 3.08. The van der Waals surface area contributed by atoms with Gasteiger partial charge in [0.25, 0.3) is 0 Å². The predicted molar refractivity (Wildman–Crippen MR) is 62.1 cm³/mol. The lowest BCUT2D eigenvalue weighted by atomic mass is 10.0. The van der Waals surface area contributed by atoms with E-state index < -0.39 is 0 Å². The van der Waals surface area contributed by atoms with Gasteiger partial charge in [-0.15, -0.1) is 0 Å². The first kappa shape index (κ1) is 12.6. The third kappa shape index (κ3) is 4.61. The molecule has 0 saturated carbocycles. The Balaban J connectivity index is 4.89. The number of carbonyl (C=O) groups excluding carboxylic acids is 1. The van der Waals surface area contributed by atoms with E-state index in [0.29, 0.717) is 6.42 Å². The van der Waals surface area contributed by atoms with Crippen LogP contribution in [0.1, 0.15) is 26.7 Å². The fourth-order valence-corrected chi connectivity index (χ4v) is 1.22. The average Bonchev–Trinajstić information content (AvgIpc) is 2.16. The summed E-state index contributed by atoms with van der Waals surface area (Å²) in [5.41, 5.74) is 2.16. The smallest absolute Gasteiger partial charge is 0.134 e. The molecule has 0 heterocycles.